The van der Waals surface area contributed by atoms with Crippen LogP contribution >= 0.6 is 11.3 Å². The lowest BCUT2D eigenvalue weighted by molar-refractivity contribution is 0.411. The molecule has 0 amide bonds. The van der Waals surface area contributed by atoms with Crippen LogP contribution < -0.4 is 5.73 Å². The van der Waals surface area contributed by atoms with Crippen LogP contribution in [0.5, 0.6) is 0 Å². The Hall–Kier alpha value is -1.12. The molecule has 18 heavy (non-hydrogen) atoms. The third kappa shape index (κ3) is 1.63. The van der Waals surface area contributed by atoms with Gasteiger partial charge in [0.25, 0.3) is 0 Å². The highest BCUT2D eigenvalue weighted by Crippen LogP contribution is 2.44. The van der Waals surface area contributed by atoms with Crippen molar-refractivity contribution < 1.29 is 0 Å². The van der Waals surface area contributed by atoms with Crippen molar-refractivity contribution in [1.82, 2.24) is 0 Å². The molecule has 0 spiro atoms. The van der Waals surface area contributed by atoms with Crippen molar-refractivity contribution in [3.05, 3.63) is 57.3 Å². The van der Waals surface area contributed by atoms with Crippen molar-refractivity contribution in [2.75, 3.05) is 0 Å². The molecule has 0 fully saturated rings. The van der Waals surface area contributed by atoms with Crippen LogP contribution in [0.1, 0.15) is 47.3 Å². The van der Waals surface area contributed by atoms with Crippen molar-refractivity contribution in [3.8, 4) is 0 Å². The highest BCUT2D eigenvalue weighted by Gasteiger charge is 2.37. The lowest BCUT2D eigenvalue weighted by Gasteiger charge is -2.39. The minimum Gasteiger partial charge on any atom is -0.318 e. The van der Waals surface area contributed by atoms with Gasteiger partial charge in [-0.15, -0.1) is 11.3 Å². The number of thiophene rings is 1. The van der Waals surface area contributed by atoms with Gasteiger partial charge in [-0.25, -0.2) is 0 Å². The number of nitrogens with two attached hydrogens (primary N) is 1. The van der Waals surface area contributed by atoms with Crippen LogP contribution in [0.25, 0.3) is 0 Å². The lowest BCUT2D eigenvalue weighted by Crippen LogP contribution is -2.41. The summed E-state index contributed by atoms with van der Waals surface area (Å²) in [4.78, 5) is 1.35. The van der Waals surface area contributed by atoms with Crippen LogP contribution in [0, 0.1) is 6.92 Å². The maximum Gasteiger partial charge on any atom is 0.0679 e. The van der Waals surface area contributed by atoms with Gasteiger partial charge in [0.2, 0.25) is 0 Å². The number of rotatable bonds is 1. The Labute approximate surface area is 113 Å². The Morgan fingerprint density at radius 2 is 2.00 bits per heavy atom. The van der Waals surface area contributed by atoms with Gasteiger partial charge in [0.15, 0.2) is 0 Å². The second kappa shape index (κ2) is 4.22. The zero-order chi connectivity index (χ0) is 12.8. The average molecular weight is 257 g/mol. The summed E-state index contributed by atoms with van der Waals surface area (Å²) in [6, 6.07) is 10.9. The second-order valence-electron chi connectivity index (χ2n) is 5.39. The quantitative estimate of drug-likeness (QED) is 0.815. The Morgan fingerprint density at radius 3 is 2.72 bits per heavy atom. The van der Waals surface area contributed by atoms with E-state index in [1.165, 1.54) is 28.0 Å². The van der Waals surface area contributed by atoms with Gasteiger partial charge in [-0.2, -0.15) is 0 Å². The maximum atomic E-state index is 6.81. The van der Waals surface area contributed by atoms with Crippen molar-refractivity contribution in [2.24, 2.45) is 5.73 Å². The highest BCUT2D eigenvalue weighted by atomic mass is 32.1. The molecule has 1 aliphatic rings. The molecule has 2 aromatic rings. The van der Waals surface area contributed by atoms with Gasteiger partial charge in [-0.1, -0.05) is 31.2 Å². The Balaban J connectivity index is 2.20. The SMILES string of the molecule is Cc1sccc1C1(N)CCC(C)c2ccccc21. The molecule has 2 unspecified atom stereocenters. The molecule has 1 heterocycles. The van der Waals surface area contributed by atoms with Gasteiger partial charge < -0.3 is 5.73 Å². The monoisotopic (exact) mass is 257 g/mol. The molecular formula is C16H19NS. The largest absolute Gasteiger partial charge is 0.318 e. The molecule has 2 atom stereocenters. The van der Waals surface area contributed by atoms with Crippen molar-refractivity contribution in [2.45, 2.75) is 38.1 Å². The molecule has 94 valence electrons. The maximum absolute atomic E-state index is 6.81. The Kier molecular flexibility index (Phi) is 2.80. The number of benzene rings is 1. The number of hydrogen-bond acceptors (Lipinski definition) is 2. The average Bonchev–Trinajstić information content (AvgIpc) is 2.82. The van der Waals surface area contributed by atoms with Gasteiger partial charge in [-0.3, -0.25) is 0 Å². The van der Waals surface area contributed by atoms with Crippen LogP contribution in [0.2, 0.25) is 0 Å². The predicted molar refractivity (Wildman–Crippen MR) is 78.1 cm³/mol. The van der Waals surface area contributed by atoms with E-state index in [4.69, 9.17) is 5.73 Å². The summed E-state index contributed by atoms with van der Waals surface area (Å²) in [5, 5.41) is 2.15. The first kappa shape index (κ1) is 11.9. The first-order valence-electron chi connectivity index (χ1n) is 6.56. The number of hydrogen-bond donors (Lipinski definition) is 1. The predicted octanol–water partition coefficient (Wildman–Crippen LogP) is 4.16. The van der Waals surface area contributed by atoms with Gasteiger partial charge in [0, 0.05) is 4.88 Å². The topological polar surface area (TPSA) is 26.0 Å². The van der Waals surface area contributed by atoms with E-state index in [1.807, 2.05) is 0 Å². The summed E-state index contributed by atoms with van der Waals surface area (Å²) in [5.41, 5.74) is 10.6. The van der Waals surface area contributed by atoms with Crippen molar-refractivity contribution in [3.63, 3.8) is 0 Å². The molecule has 1 nitrogen and oxygen atoms in total. The minimum atomic E-state index is -0.285. The first-order valence-corrected chi connectivity index (χ1v) is 7.44. The van der Waals surface area contributed by atoms with Gasteiger partial charge in [-0.05, 0) is 53.8 Å². The van der Waals surface area contributed by atoms with E-state index in [0.29, 0.717) is 5.92 Å². The summed E-state index contributed by atoms with van der Waals surface area (Å²) < 4.78 is 0. The summed E-state index contributed by atoms with van der Waals surface area (Å²) in [7, 11) is 0. The molecule has 0 radical (unpaired) electrons. The van der Waals surface area contributed by atoms with Gasteiger partial charge >= 0.3 is 0 Å². The van der Waals surface area contributed by atoms with E-state index in [-0.39, 0.29) is 5.54 Å². The second-order valence-corrected chi connectivity index (χ2v) is 6.51. The standard InChI is InChI=1S/C16H19NS/c1-11-7-9-16(17,14-8-10-18-12(14)2)15-6-4-3-5-13(11)15/h3-6,8,10-11H,7,9,17H2,1-2H3. The Bertz CT molecular complexity index is 572. The number of aryl methyl sites for hydroxylation is 1. The molecule has 2 N–H and O–H groups in total. The lowest BCUT2D eigenvalue weighted by atomic mass is 9.70. The van der Waals surface area contributed by atoms with Gasteiger partial charge in [0.1, 0.15) is 0 Å². The molecule has 0 bridgehead atoms. The molecule has 0 aliphatic heterocycles. The summed E-state index contributed by atoms with van der Waals surface area (Å²) in [6.45, 7) is 4.48. The summed E-state index contributed by atoms with van der Waals surface area (Å²) in [5.74, 6) is 0.622. The van der Waals surface area contributed by atoms with E-state index in [9.17, 15) is 0 Å². The normalized spacial score (nSPS) is 26.9. The van der Waals surface area contributed by atoms with E-state index < -0.39 is 0 Å². The highest BCUT2D eigenvalue weighted by molar-refractivity contribution is 7.10. The smallest absolute Gasteiger partial charge is 0.0679 e. The van der Waals surface area contributed by atoms with E-state index in [2.05, 4.69) is 49.6 Å². The van der Waals surface area contributed by atoms with E-state index in [1.54, 1.807) is 11.3 Å². The first-order chi connectivity index (χ1) is 8.63. The molecule has 0 saturated heterocycles. The number of fused-ring (bicyclic) bond motifs is 1. The third-order valence-corrected chi connectivity index (χ3v) is 5.13. The van der Waals surface area contributed by atoms with Crippen LogP contribution in [-0.2, 0) is 5.54 Å². The van der Waals surface area contributed by atoms with Crippen LogP contribution in [-0.4, -0.2) is 0 Å². The zero-order valence-corrected chi connectivity index (χ0v) is 11.8. The Morgan fingerprint density at radius 1 is 1.22 bits per heavy atom. The van der Waals surface area contributed by atoms with Gasteiger partial charge in [0.05, 0.1) is 5.54 Å². The minimum absolute atomic E-state index is 0.285. The molecule has 0 saturated carbocycles. The molecular weight excluding hydrogens is 238 g/mol. The summed E-state index contributed by atoms with van der Waals surface area (Å²) in [6.07, 6.45) is 2.21. The fourth-order valence-electron chi connectivity index (χ4n) is 3.19. The fraction of sp³-hybridized carbons (Fsp3) is 0.375. The molecule has 1 aliphatic carbocycles. The van der Waals surface area contributed by atoms with Crippen molar-refractivity contribution >= 4 is 11.3 Å². The molecule has 3 rings (SSSR count). The summed E-state index contributed by atoms with van der Waals surface area (Å²) >= 11 is 1.79. The fourth-order valence-corrected chi connectivity index (χ4v) is 3.98. The molecule has 2 heteroatoms. The van der Waals surface area contributed by atoms with Crippen LogP contribution in [0.4, 0.5) is 0 Å². The zero-order valence-electron chi connectivity index (χ0n) is 10.9. The van der Waals surface area contributed by atoms with Crippen molar-refractivity contribution in [1.29, 1.82) is 0 Å². The third-order valence-electron chi connectivity index (χ3n) is 4.28. The van der Waals surface area contributed by atoms with E-state index >= 15 is 0 Å². The van der Waals surface area contributed by atoms with Crippen LogP contribution in [0.15, 0.2) is 35.7 Å². The van der Waals surface area contributed by atoms with E-state index in [0.717, 1.165) is 6.42 Å². The molecule has 1 aromatic heterocycles. The molecule has 1 aromatic carbocycles. The van der Waals surface area contributed by atoms with Crippen LogP contribution in [0.3, 0.4) is 0 Å².